The number of carbonyl (C=O) groups is 5. The van der Waals surface area contributed by atoms with Crippen LogP contribution in [0.5, 0.6) is 0 Å². The van der Waals surface area contributed by atoms with Crippen LogP contribution in [0.2, 0.25) is 0 Å². The van der Waals surface area contributed by atoms with Gasteiger partial charge in [-0.15, -0.1) is 0 Å². The number of hydrogen-bond acceptors (Lipinski definition) is 12. The van der Waals surface area contributed by atoms with Crippen molar-refractivity contribution in [1.29, 1.82) is 0 Å². The van der Waals surface area contributed by atoms with Crippen molar-refractivity contribution in [3.05, 3.63) is 161 Å². The van der Waals surface area contributed by atoms with Crippen molar-refractivity contribution in [3.8, 4) is 0 Å². The van der Waals surface area contributed by atoms with Crippen LogP contribution >= 0.6 is 0 Å². The van der Waals surface area contributed by atoms with Crippen LogP contribution in [0.25, 0.3) is 6.08 Å². The maximum Gasteiger partial charge on any atom is 0.338 e. The SMILES string of the molecule is CC1=C2C(OC(=O)/C=C/c3ccccc3)C(=O)[C@]3(C)CCC4OCC4(O)C3[C@H](OC(=O)c3ccccc3)C(O)(CC1OC(=O)C(O)C(NC(=O)c1ccccc1)c1ccccc1)C2(C)C.[Ac]. The van der Waals surface area contributed by atoms with E-state index < -0.39 is 101 Å². The first-order chi connectivity index (χ1) is 31.0. The molecule has 1 saturated heterocycles. The van der Waals surface area contributed by atoms with Gasteiger partial charge in [-0.25, -0.2) is 14.4 Å². The van der Waals surface area contributed by atoms with Gasteiger partial charge in [-0.3, -0.25) is 9.59 Å². The van der Waals surface area contributed by atoms with Crippen molar-refractivity contribution in [2.75, 3.05) is 6.61 Å². The zero-order valence-corrected chi connectivity index (χ0v) is 41.9. The number of ketones is 1. The molecule has 13 nitrogen and oxygen atoms in total. The number of carbonyl (C=O) groups excluding carboxylic acids is 5. The molecule has 1 heterocycles. The fraction of sp³-hybridized carbons (Fsp3) is 0.365. The summed E-state index contributed by atoms with van der Waals surface area (Å²) < 4.78 is 24.6. The summed E-state index contributed by atoms with van der Waals surface area (Å²) in [5.41, 5.74) is -5.40. The number of rotatable bonds is 11. The molecule has 14 heteroatoms. The molecule has 10 atom stereocenters. The first-order valence-corrected chi connectivity index (χ1v) is 21.8. The summed E-state index contributed by atoms with van der Waals surface area (Å²) in [7, 11) is 0. The van der Waals surface area contributed by atoms with Crippen LogP contribution in [0.15, 0.2) is 139 Å². The average molecular weight is 1110 g/mol. The molecular formula is C52H53AcNO12. The standard InChI is InChI=1S/C52H53NO12.Ac/c1-31-36(63-48(59)41(55)40(33-19-11-6-12-20-33)53-46(57)34-21-13-7-14-22-34)29-52(61)45(65-47(58)35-23-15-8-16-24-35)43-50(4,28-27-37-51(43,60)30-62-37)44(56)42(39(31)49(52,2)3)64-38(54)26-25-32-17-9-5-10-18-32;/h5-26,36-37,40-43,45,55,60-61H,27-30H2,1-4H3,(H,53,57);/b26-25+;/t36?,37?,40?,41?,42?,43?,45-,50+,51?,52?;/m0./s1. The Labute approximate surface area is 419 Å². The predicted octanol–water partition coefficient (Wildman–Crippen LogP) is 5.89. The second-order valence-corrected chi connectivity index (χ2v) is 18.3. The number of hydrogen-bond donors (Lipinski definition) is 4. The third kappa shape index (κ3) is 8.89. The zero-order valence-electron chi connectivity index (χ0n) is 37.2. The Balaban J connectivity index is 0.00000648. The van der Waals surface area contributed by atoms with Gasteiger partial charge in [0, 0.05) is 78.9 Å². The molecule has 4 aliphatic rings. The molecule has 4 N–H and O–H groups in total. The number of ether oxygens (including phenoxy) is 4. The van der Waals surface area contributed by atoms with Crippen LogP contribution in [0.3, 0.4) is 0 Å². The summed E-state index contributed by atoms with van der Waals surface area (Å²) in [6.07, 6.45) is -4.94. The van der Waals surface area contributed by atoms with Crippen molar-refractivity contribution in [2.45, 2.75) is 94.7 Å². The minimum Gasteiger partial charge on any atom is -0.456 e. The number of benzene rings is 4. The first-order valence-electron chi connectivity index (χ1n) is 21.8. The molecule has 0 spiro atoms. The minimum atomic E-state index is -2.27. The van der Waals surface area contributed by atoms with Gasteiger partial charge in [-0.05, 0) is 72.4 Å². The van der Waals surface area contributed by atoms with E-state index in [2.05, 4.69) is 5.32 Å². The second kappa shape index (κ2) is 19.4. The molecule has 341 valence electrons. The van der Waals surface area contributed by atoms with Gasteiger partial charge in [0.25, 0.3) is 5.91 Å². The molecule has 1 aliphatic heterocycles. The normalized spacial score (nSPS) is 29.5. The molecule has 4 aromatic rings. The summed E-state index contributed by atoms with van der Waals surface area (Å²) in [6.45, 7) is 6.24. The zero-order chi connectivity index (χ0) is 46.3. The summed E-state index contributed by atoms with van der Waals surface area (Å²) in [5.74, 6) is -5.43. The Morgan fingerprint density at radius 2 is 1.38 bits per heavy atom. The minimum absolute atomic E-state index is 0. The number of aliphatic hydroxyl groups excluding tert-OH is 1. The van der Waals surface area contributed by atoms with E-state index in [1.165, 1.54) is 24.3 Å². The molecule has 3 fully saturated rings. The Hall–Kier alpha value is -4.81. The summed E-state index contributed by atoms with van der Waals surface area (Å²) in [5, 5.41) is 41.0. The predicted molar refractivity (Wildman–Crippen MR) is 237 cm³/mol. The molecule has 66 heavy (non-hydrogen) atoms. The van der Waals surface area contributed by atoms with Crippen LogP contribution in [-0.2, 0) is 33.3 Å². The van der Waals surface area contributed by atoms with Crippen LogP contribution in [-0.4, -0.2) is 93.2 Å². The quantitative estimate of drug-likeness (QED) is 0.0604. The number of Topliss-reactive ketones (excluding diaryl/α,β-unsaturated/α-hetero) is 1. The molecule has 8 rings (SSSR count). The third-order valence-electron chi connectivity index (χ3n) is 14.2. The molecule has 1 radical (unpaired) electrons. The average Bonchev–Trinajstić information content (AvgIpc) is 3.30. The van der Waals surface area contributed by atoms with Crippen LogP contribution in [0, 0.1) is 60.8 Å². The monoisotopic (exact) mass is 1110 g/mol. The van der Waals surface area contributed by atoms with Gasteiger partial charge in [0.05, 0.1) is 24.3 Å². The van der Waals surface area contributed by atoms with Gasteiger partial charge < -0.3 is 39.6 Å². The van der Waals surface area contributed by atoms with Crippen LogP contribution in [0.4, 0.5) is 0 Å². The number of nitrogens with one attached hydrogen (secondary N) is 1. The van der Waals surface area contributed by atoms with Crippen LogP contribution < -0.4 is 5.32 Å². The van der Waals surface area contributed by atoms with E-state index in [1.807, 2.05) is 6.07 Å². The maximum atomic E-state index is 15.6. The van der Waals surface area contributed by atoms with E-state index in [0.29, 0.717) is 11.1 Å². The Kier molecular flexibility index (Phi) is 14.5. The Morgan fingerprint density at radius 3 is 1.97 bits per heavy atom. The first kappa shape index (κ1) is 49.1. The van der Waals surface area contributed by atoms with Gasteiger partial charge in [-0.2, -0.15) is 0 Å². The van der Waals surface area contributed by atoms with E-state index in [0.717, 1.165) is 0 Å². The second-order valence-electron chi connectivity index (χ2n) is 18.3. The Morgan fingerprint density at radius 1 is 0.803 bits per heavy atom. The van der Waals surface area contributed by atoms with E-state index in [1.54, 1.807) is 131 Å². The molecule has 8 unspecified atom stereocenters. The molecule has 2 bridgehead atoms. The molecule has 1 amide bonds. The smallest absolute Gasteiger partial charge is 0.338 e. The maximum absolute atomic E-state index is 15.6. The molecule has 0 aromatic heterocycles. The van der Waals surface area contributed by atoms with Crippen molar-refractivity contribution < 1.29 is 102 Å². The summed E-state index contributed by atoms with van der Waals surface area (Å²) >= 11 is 0. The van der Waals surface area contributed by atoms with E-state index in [-0.39, 0.29) is 85.8 Å². The fourth-order valence-corrected chi connectivity index (χ4v) is 10.5. The van der Waals surface area contributed by atoms with E-state index >= 15 is 4.79 Å². The van der Waals surface area contributed by atoms with Crippen molar-refractivity contribution in [1.82, 2.24) is 5.32 Å². The van der Waals surface area contributed by atoms with E-state index in [9.17, 15) is 34.5 Å². The van der Waals surface area contributed by atoms with Gasteiger partial charge in [0.15, 0.2) is 18.0 Å². The molecule has 3 aliphatic carbocycles. The third-order valence-corrected chi connectivity index (χ3v) is 14.2. The molecule has 4 aromatic carbocycles. The summed E-state index contributed by atoms with van der Waals surface area (Å²) in [6, 6.07) is 32.4. The van der Waals surface area contributed by atoms with Gasteiger partial charge in [0.2, 0.25) is 0 Å². The number of aliphatic hydroxyl groups is 3. The van der Waals surface area contributed by atoms with Crippen LogP contribution in [0.1, 0.15) is 84.8 Å². The van der Waals surface area contributed by atoms with Crippen molar-refractivity contribution >= 4 is 35.7 Å². The Bertz CT molecular complexity index is 2520. The molecule has 2 saturated carbocycles. The fourth-order valence-electron chi connectivity index (χ4n) is 10.5. The number of amides is 1. The molecular weight excluding hydrogens is 1060 g/mol. The summed E-state index contributed by atoms with van der Waals surface area (Å²) in [4.78, 5) is 71.7. The van der Waals surface area contributed by atoms with Crippen molar-refractivity contribution in [3.63, 3.8) is 0 Å². The van der Waals surface area contributed by atoms with E-state index in [4.69, 9.17) is 18.9 Å². The van der Waals surface area contributed by atoms with Gasteiger partial charge in [-0.1, -0.05) is 118 Å². The number of fused-ring (bicyclic) bond motifs is 5. The van der Waals surface area contributed by atoms with Crippen molar-refractivity contribution in [2.24, 2.45) is 16.7 Å². The number of esters is 3. The largest absolute Gasteiger partial charge is 0.456 e. The van der Waals surface area contributed by atoms with Gasteiger partial charge >= 0.3 is 17.9 Å². The van der Waals surface area contributed by atoms with Gasteiger partial charge in [0.1, 0.15) is 23.4 Å². The topological polar surface area (TPSA) is 195 Å².